The normalized spacial score (nSPS) is 15.4. The second-order valence-corrected chi connectivity index (χ2v) is 7.30. The van der Waals surface area contributed by atoms with Crippen molar-refractivity contribution in [3.8, 4) is 5.75 Å². The molecule has 1 aliphatic heterocycles. The Morgan fingerprint density at radius 3 is 2.31 bits per heavy atom. The second-order valence-electron chi connectivity index (χ2n) is 6.86. The average molecular weight is 368 g/mol. The summed E-state index contributed by atoms with van der Waals surface area (Å²) in [6.07, 6.45) is 0. The molecule has 1 heterocycles. The highest BCUT2D eigenvalue weighted by Gasteiger charge is 2.21. The van der Waals surface area contributed by atoms with Crippen LogP contribution >= 0.6 is 11.6 Å². The average Bonchev–Trinajstić information content (AvgIpc) is 2.69. The standard InChI is InChI=1S/C22H23ClN2O/c1-26-22-11-6-17(20-4-2-3-5-21(20)22)16-24-12-14-25(15-13-24)19-9-7-18(23)8-10-19/h2-11H,12-16H2,1H3/p+1. The van der Waals surface area contributed by atoms with Gasteiger partial charge in [-0.15, -0.1) is 0 Å². The number of ether oxygens (including phenoxy) is 1. The number of rotatable bonds is 4. The summed E-state index contributed by atoms with van der Waals surface area (Å²) in [6.45, 7) is 5.49. The fraction of sp³-hybridized carbons (Fsp3) is 0.273. The van der Waals surface area contributed by atoms with Crippen molar-refractivity contribution in [3.63, 3.8) is 0 Å². The van der Waals surface area contributed by atoms with Crippen molar-refractivity contribution in [3.05, 3.63) is 71.2 Å². The molecular formula is C22H24ClN2O+. The van der Waals surface area contributed by atoms with Crippen LogP contribution in [0.1, 0.15) is 5.56 Å². The van der Waals surface area contributed by atoms with E-state index in [-0.39, 0.29) is 0 Å². The van der Waals surface area contributed by atoms with Crippen LogP contribution in [0.5, 0.6) is 5.75 Å². The van der Waals surface area contributed by atoms with Gasteiger partial charge in [0, 0.05) is 21.7 Å². The summed E-state index contributed by atoms with van der Waals surface area (Å²) in [6, 6.07) is 21.0. The maximum Gasteiger partial charge on any atom is 0.126 e. The lowest BCUT2D eigenvalue weighted by Crippen LogP contribution is -3.13. The molecular weight excluding hydrogens is 344 g/mol. The molecule has 0 amide bonds. The van der Waals surface area contributed by atoms with Crippen LogP contribution in [0, 0.1) is 0 Å². The monoisotopic (exact) mass is 367 g/mol. The molecule has 3 aromatic carbocycles. The highest BCUT2D eigenvalue weighted by molar-refractivity contribution is 6.30. The van der Waals surface area contributed by atoms with E-state index >= 15 is 0 Å². The number of methoxy groups -OCH3 is 1. The Bertz CT molecular complexity index is 886. The predicted octanol–water partition coefficient (Wildman–Crippen LogP) is 3.41. The van der Waals surface area contributed by atoms with Crippen LogP contribution in [0.25, 0.3) is 10.8 Å². The maximum atomic E-state index is 6.00. The van der Waals surface area contributed by atoms with Gasteiger partial charge in [-0.2, -0.15) is 0 Å². The van der Waals surface area contributed by atoms with Crippen molar-refractivity contribution in [2.75, 3.05) is 38.2 Å². The van der Waals surface area contributed by atoms with E-state index in [4.69, 9.17) is 16.3 Å². The van der Waals surface area contributed by atoms with E-state index < -0.39 is 0 Å². The van der Waals surface area contributed by atoms with Gasteiger partial charge in [-0.05, 0) is 41.8 Å². The zero-order chi connectivity index (χ0) is 17.9. The summed E-state index contributed by atoms with van der Waals surface area (Å²) in [7, 11) is 1.74. The number of hydrogen-bond donors (Lipinski definition) is 1. The Labute approximate surface area is 159 Å². The van der Waals surface area contributed by atoms with Crippen LogP contribution in [0.15, 0.2) is 60.7 Å². The number of benzene rings is 3. The molecule has 0 unspecified atom stereocenters. The molecule has 0 spiro atoms. The summed E-state index contributed by atoms with van der Waals surface area (Å²) >= 11 is 6.00. The van der Waals surface area contributed by atoms with Gasteiger partial charge in [0.25, 0.3) is 0 Å². The molecule has 0 aliphatic carbocycles. The van der Waals surface area contributed by atoms with Crippen LogP contribution in [0.4, 0.5) is 5.69 Å². The van der Waals surface area contributed by atoms with Crippen molar-refractivity contribution >= 4 is 28.1 Å². The minimum absolute atomic E-state index is 0.796. The Morgan fingerprint density at radius 1 is 0.923 bits per heavy atom. The number of anilines is 1. The number of piperazine rings is 1. The molecule has 0 aromatic heterocycles. The van der Waals surface area contributed by atoms with E-state index in [1.54, 1.807) is 12.0 Å². The van der Waals surface area contributed by atoms with Crippen LogP contribution in [0.3, 0.4) is 0 Å². The molecule has 1 fully saturated rings. The van der Waals surface area contributed by atoms with E-state index in [2.05, 4.69) is 53.4 Å². The third kappa shape index (κ3) is 3.50. The fourth-order valence-corrected chi connectivity index (χ4v) is 3.97. The highest BCUT2D eigenvalue weighted by atomic mass is 35.5. The van der Waals surface area contributed by atoms with E-state index in [1.165, 1.54) is 22.0 Å². The zero-order valence-corrected chi connectivity index (χ0v) is 15.8. The molecule has 0 bridgehead atoms. The number of nitrogens with zero attached hydrogens (tertiary/aromatic N) is 1. The van der Waals surface area contributed by atoms with Gasteiger partial charge in [-0.1, -0.05) is 35.9 Å². The lowest BCUT2D eigenvalue weighted by Gasteiger charge is -2.34. The van der Waals surface area contributed by atoms with E-state index in [9.17, 15) is 0 Å². The lowest BCUT2D eigenvalue weighted by atomic mass is 10.0. The smallest absolute Gasteiger partial charge is 0.126 e. The van der Waals surface area contributed by atoms with E-state index in [1.807, 2.05) is 12.1 Å². The molecule has 1 N–H and O–H groups in total. The Morgan fingerprint density at radius 2 is 1.62 bits per heavy atom. The van der Waals surface area contributed by atoms with Gasteiger partial charge in [0.1, 0.15) is 12.3 Å². The van der Waals surface area contributed by atoms with Gasteiger partial charge < -0.3 is 14.5 Å². The number of quaternary nitrogens is 1. The summed E-state index contributed by atoms with van der Waals surface area (Å²) in [5.74, 6) is 0.951. The zero-order valence-electron chi connectivity index (χ0n) is 15.0. The molecule has 134 valence electrons. The van der Waals surface area contributed by atoms with Crippen LogP contribution < -0.4 is 14.5 Å². The first-order valence-corrected chi connectivity index (χ1v) is 9.51. The van der Waals surface area contributed by atoms with Crippen molar-refractivity contribution < 1.29 is 9.64 Å². The molecule has 0 radical (unpaired) electrons. The molecule has 4 heteroatoms. The lowest BCUT2D eigenvalue weighted by molar-refractivity contribution is -0.914. The Balaban J connectivity index is 1.46. The van der Waals surface area contributed by atoms with Crippen molar-refractivity contribution in [2.45, 2.75) is 6.54 Å². The van der Waals surface area contributed by atoms with Gasteiger partial charge in [0.05, 0.1) is 33.3 Å². The van der Waals surface area contributed by atoms with Crippen molar-refractivity contribution in [2.24, 2.45) is 0 Å². The molecule has 4 rings (SSSR count). The molecule has 0 atom stereocenters. The third-order valence-corrected chi connectivity index (χ3v) is 5.55. The molecule has 3 nitrogen and oxygen atoms in total. The molecule has 26 heavy (non-hydrogen) atoms. The Hall–Kier alpha value is -2.23. The molecule has 1 saturated heterocycles. The second kappa shape index (κ2) is 7.56. The van der Waals surface area contributed by atoms with Crippen LogP contribution in [0.2, 0.25) is 5.02 Å². The first-order chi connectivity index (χ1) is 12.7. The van der Waals surface area contributed by atoms with Crippen LogP contribution in [-0.4, -0.2) is 33.3 Å². The van der Waals surface area contributed by atoms with Gasteiger partial charge >= 0.3 is 0 Å². The largest absolute Gasteiger partial charge is 0.496 e. The number of hydrogen-bond acceptors (Lipinski definition) is 2. The SMILES string of the molecule is COc1ccc(C[NH+]2CCN(c3ccc(Cl)cc3)CC2)c2ccccc12. The summed E-state index contributed by atoms with van der Waals surface area (Å²) < 4.78 is 5.52. The van der Waals surface area contributed by atoms with Gasteiger partial charge in [0.2, 0.25) is 0 Å². The first-order valence-electron chi connectivity index (χ1n) is 9.13. The van der Waals surface area contributed by atoms with Crippen molar-refractivity contribution in [1.29, 1.82) is 0 Å². The van der Waals surface area contributed by atoms with E-state index in [0.29, 0.717) is 0 Å². The van der Waals surface area contributed by atoms with Crippen LogP contribution in [-0.2, 0) is 6.54 Å². The number of halogens is 1. The summed E-state index contributed by atoms with van der Waals surface area (Å²) in [5, 5.41) is 3.30. The third-order valence-electron chi connectivity index (χ3n) is 5.30. The van der Waals surface area contributed by atoms with Gasteiger partial charge in [-0.3, -0.25) is 0 Å². The van der Waals surface area contributed by atoms with Crippen molar-refractivity contribution in [1.82, 2.24) is 0 Å². The molecule has 1 aliphatic rings. The quantitative estimate of drug-likeness (QED) is 0.761. The van der Waals surface area contributed by atoms with Gasteiger partial charge in [0.15, 0.2) is 0 Å². The maximum absolute atomic E-state index is 6.00. The molecule has 3 aromatic rings. The Kier molecular flexibility index (Phi) is 5.00. The summed E-state index contributed by atoms with van der Waals surface area (Å²) in [5.41, 5.74) is 2.67. The topological polar surface area (TPSA) is 16.9 Å². The highest BCUT2D eigenvalue weighted by Crippen LogP contribution is 2.28. The summed E-state index contributed by atoms with van der Waals surface area (Å²) in [4.78, 5) is 4.08. The molecule has 0 saturated carbocycles. The first kappa shape index (κ1) is 17.2. The minimum Gasteiger partial charge on any atom is -0.496 e. The van der Waals surface area contributed by atoms with Gasteiger partial charge in [-0.25, -0.2) is 0 Å². The minimum atomic E-state index is 0.796. The predicted molar refractivity (Wildman–Crippen MR) is 109 cm³/mol. The number of fused-ring (bicyclic) bond motifs is 1. The number of nitrogens with one attached hydrogen (secondary N) is 1. The van der Waals surface area contributed by atoms with E-state index in [0.717, 1.165) is 43.5 Å². The fourth-order valence-electron chi connectivity index (χ4n) is 3.85.